The van der Waals surface area contributed by atoms with E-state index < -0.39 is 18.0 Å². The Morgan fingerprint density at radius 3 is 2.61 bits per heavy atom. The zero-order valence-corrected chi connectivity index (χ0v) is 16.1. The summed E-state index contributed by atoms with van der Waals surface area (Å²) in [5.74, 6) is -1.07. The molecule has 8 heteroatoms. The number of carbonyl (C=O) groups excluding carboxylic acids is 1. The number of carbonyl (C=O) groups is 1. The van der Waals surface area contributed by atoms with Crippen LogP contribution < -0.4 is 10.1 Å². The van der Waals surface area contributed by atoms with Gasteiger partial charge >= 0.3 is 6.18 Å². The van der Waals surface area contributed by atoms with Gasteiger partial charge in [0.2, 0.25) is 0 Å². The number of nitrogens with one attached hydrogen (secondary N) is 1. The second kappa shape index (κ2) is 9.91. The maximum absolute atomic E-state index is 12.8. The molecule has 2 rings (SSSR count). The Morgan fingerprint density at radius 1 is 1.39 bits per heavy atom. The summed E-state index contributed by atoms with van der Waals surface area (Å²) >= 11 is 0. The molecule has 1 aromatic rings. The summed E-state index contributed by atoms with van der Waals surface area (Å²) in [5.41, 5.74) is 0.825. The second-order valence-corrected chi connectivity index (χ2v) is 7.09. The first-order valence-electron chi connectivity index (χ1n) is 9.49. The number of rotatable bonds is 7. The van der Waals surface area contributed by atoms with Gasteiger partial charge in [-0.2, -0.15) is 13.2 Å². The highest BCUT2D eigenvalue weighted by Gasteiger charge is 2.40. The van der Waals surface area contributed by atoms with Crippen molar-refractivity contribution in [1.82, 2.24) is 10.3 Å². The van der Waals surface area contributed by atoms with Crippen LogP contribution in [0.15, 0.2) is 18.3 Å². The van der Waals surface area contributed by atoms with Crippen LogP contribution in [0.3, 0.4) is 0 Å². The molecule has 5 nitrogen and oxygen atoms in total. The van der Waals surface area contributed by atoms with Crippen molar-refractivity contribution in [3.63, 3.8) is 0 Å². The average Bonchev–Trinajstić information content (AvgIpc) is 2.69. The number of ether oxygens (including phenoxy) is 1. The van der Waals surface area contributed by atoms with Crippen LogP contribution in [0.4, 0.5) is 13.2 Å². The zero-order chi connectivity index (χ0) is 20.7. The van der Waals surface area contributed by atoms with E-state index in [1.54, 1.807) is 12.1 Å². The van der Waals surface area contributed by atoms with Crippen LogP contribution in [0.2, 0.25) is 0 Å². The first-order chi connectivity index (χ1) is 13.3. The fraction of sp³-hybridized carbons (Fsp3) is 0.600. The lowest BCUT2D eigenvalue weighted by Gasteiger charge is -2.28. The molecule has 0 aliphatic heterocycles. The lowest BCUT2D eigenvalue weighted by molar-refractivity contribution is -0.183. The van der Waals surface area contributed by atoms with Gasteiger partial charge in [-0.25, -0.2) is 4.98 Å². The first-order valence-corrected chi connectivity index (χ1v) is 9.49. The molecule has 1 heterocycles. The molecule has 1 aliphatic carbocycles. The zero-order valence-electron chi connectivity index (χ0n) is 16.1. The Bertz CT molecular complexity index is 680. The fourth-order valence-corrected chi connectivity index (χ4v) is 3.30. The van der Waals surface area contributed by atoms with Crippen molar-refractivity contribution < 1.29 is 27.8 Å². The van der Waals surface area contributed by atoms with Gasteiger partial charge in [0.25, 0.3) is 5.91 Å². The summed E-state index contributed by atoms with van der Waals surface area (Å²) < 4.78 is 43.6. The van der Waals surface area contributed by atoms with Crippen LogP contribution in [0.25, 0.3) is 6.08 Å². The van der Waals surface area contributed by atoms with E-state index in [0.717, 1.165) is 0 Å². The number of hydrogen-bond donors (Lipinski definition) is 2. The lowest BCUT2D eigenvalue weighted by Crippen LogP contribution is -2.37. The maximum atomic E-state index is 12.8. The van der Waals surface area contributed by atoms with Gasteiger partial charge in [0, 0.05) is 5.56 Å². The number of methoxy groups -OCH3 is 1. The van der Waals surface area contributed by atoms with E-state index in [4.69, 9.17) is 4.74 Å². The van der Waals surface area contributed by atoms with E-state index in [2.05, 4.69) is 10.3 Å². The summed E-state index contributed by atoms with van der Waals surface area (Å²) in [4.78, 5) is 16.4. The third kappa shape index (κ3) is 5.95. The molecule has 156 valence electrons. The van der Waals surface area contributed by atoms with Gasteiger partial charge in [0.15, 0.2) is 0 Å². The highest BCUT2D eigenvalue weighted by Crippen LogP contribution is 2.40. The molecule has 0 spiro atoms. The third-order valence-corrected chi connectivity index (χ3v) is 5.18. The molecule has 0 unspecified atom stereocenters. The molecule has 0 aromatic carbocycles. The van der Waals surface area contributed by atoms with Crippen LogP contribution in [0, 0.1) is 11.8 Å². The largest absolute Gasteiger partial charge is 0.495 e. The van der Waals surface area contributed by atoms with Crippen LogP contribution in [0.1, 0.15) is 55.1 Å². The Balaban J connectivity index is 2.08. The number of amides is 1. The van der Waals surface area contributed by atoms with E-state index in [1.807, 2.05) is 13.0 Å². The molecule has 0 saturated heterocycles. The Labute approximate surface area is 163 Å². The predicted octanol–water partition coefficient (Wildman–Crippen LogP) is 3.97. The van der Waals surface area contributed by atoms with Crippen molar-refractivity contribution in [3.05, 3.63) is 29.6 Å². The van der Waals surface area contributed by atoms with E-state index in [0.29, 0.717) is 30.6 Å². The highest BCUT2D eigenvalue weighted by molar-refractivity contribution is 5.93. The topological polar surface area (TPSA) is 71.5 Å². The molecular weight excluding hydrogens is 373 g/mol. The van der Waals surface area contributed by atoms with Gasteiger partial charge in [0.05, 0.1) is 31.9 Å². The third-order valence-electron chi connectivity index (χ3n) is 5.18. The smallest absolute Gasteiger partial charge is 0.391 e. The van der Waals surface area contributed by atoms with Gasteiger partial charge in [-0.05, 0) is 44.1 Å². The highest BCUT2D eigenvalue weighted by atomic mass is 19.4. The molecule has 2 N–H and O–H groups in total. The Morgan fingerprint density at radius 2 is 2.07 bits per heavy atom. The number of allylic oxidation sites excluding steroid dienone is 1. The molecule has 0 bridgehead atoms. The number of pyridine rings is 1. The summed E-state index contributed by atoms with van der Waals surface area (Å²) in [5, 5.41) is 11.9. The van der Waals surface area contributed by atoms with E-state index >= 15 is 0 Å². The summed E-state index contributed by atoms with van der Waals surface area (Å²) in [6, 6.07) is 1.23. The van der Waals surface area contributed by atoms with Crippen molar-refractivity contribution in [2.45, 2.75) is 51.2 Å². The van der Waals surface area contributed by atoms with Crippen molar-refractivity contribution in [1.29, 1.82) is 0 Å². The van der Waals surface area contributed by atoms with Crippen LogP contribution in [0.5, 0.6) is 5.75 Å². The maximum Gasteiger partial charge on any atom is 0.391 e. The fourth-order valence-electron chi connectivity index (χ4n) is 3.30. The minimum atomic E-state index is -4.11. The van der Waals surface area contributed by atoms with Crippen molar-refractivity contribution >= 4 is 12.0 Å². The number of hydrogen-bond acceptors (Lipinski definition) is 4. The van der Waals surface area contributed by atoms with Crippen molar-refractivity contribution in [2.24, 2.45) is 11.8 Å². The average molecular weight is 400 g/mol. The van der Waals surface area contributed by atoms with Gasteiger partial charge in [-0.1, -0.05) is 19.1 Å². The molecule has 1 aliphatic rings. The molecule has 1 atom stereocenters. The predicted molar refractivity (Wildman–Crippen MR) is 100.0 cm³/mol. The standard InChI is InChI=1S/C20H27F3N2O3/c1-3-16(12-26)25-19(27)17-10-14(18(28-2)11-24-17)7-4-13-5-8-15(9-6-13)20(21,22)23/h4,7,10-11,13,15-16,26H,3,5-6,8-9,12H2,1-2H3,(H,25,27)/b7-4+/t13-,15-,16-/m1/s1. The molecule has 1 fully saturated rings. The SMILES string of the molecule is CC[C@H](CO)NC(=O)c1cc(/C=C/[C@H]2CC[C@H](C(F)(F)F)CC2)c(OC)cn1. The van der Waals surface area contributed by atoms with Gasteiger partial charge < -0.3 is 15.2 Å². The number of aliphatic hydroxyl groups excluding tert-OH is 1. The van der Waals surface area contributed by atoms with Crippen LogP contribution >= 0.6 is 0 Å². The second-order valence-electron chi connectivity index (χ2n) is 7.09. The minimum absolute atomic E-state index is 0.0626. The normalized spacial score (nSPS) is 21.5. The quantitative estimate of drug-likeness (QED) is 0.727. The van der Waals surface area contributed by atoms with Crippen LogP contribution in [-0.2, 0) is 0 Å². The van der Waals surface area contributed by atoms with E-state index in [1.165, 1.54) is 13.3 Å². The molecule has 28 heavy (non-hydrogen) atoms. The van der Waals surface area contributed by atoms with Gasteiger partial charge in [-0.15, -0.1) is 0 Å². The molecule has 1 saturated carbocycles. The monoisotopic (exact) mass is 400 g/mol. The molecule has 1 amide bonds. The van der Waals surface area contributed by atoms with E-state index in [-0.39, 0.29) is 37.1 Å². The lowest BCUT2D eigenvalue weighted by atomic mass is 9.81. The number of alkyl halides is 3. The number of aromatic nitrogens is 1. The van der Waals surface area contributed by atoms with E-state index in [9.17, 15) is 23.1 Å². The minimum Gasteiger partial charge on any atom is -0.495 e. The number of halogens is 3. The van der Waals surface area contributed by atoms with Crippen molar-refractivity contribution in [3.8, 4) is 5.75 Å². The Hall–Kier alpha value is -2.09. The number of nitrogens with zero attached hydrogens (tertiary/aromatic N) is 1. The molecular formula is C20H27F3N2O3. The Kier molecular flexibility index (Phi) is 7.86. The molecule has 1 aromatic heterocycles. The summed E-state index contributed by atoms with van der Waals surface area (Å²) in [7, 11) is 1.49. The van der Waals surface area contributed by atoms with Crippen LogP contribution in [-0.4, -0.2) is 41.9 Å². The molecule has 0 radical (unpaired) electrons. The van der Waals surface area contributed by atoms with Crippen molar-refractivity contribution in [2.75, 3.05) is 13.7 Å². The summed E-state index contributed by atoms with van der Waals surface area (Å²) in [6.07, 6.45) is 2.81. The number of aliphatic hydroxyl groups is 1. The van der Waals surface area contributed by atoms with Gasteiger partial charge in [0.1, 0.15) is 11.4 Å². The van der Waals surface area contributed by atoms with Gasteiger partial charge in [-0.3, -0.25) is 4.79 Å². The summed E-state index contributed by atoms with van der Waals surface area (Å²) in [6.45, 7) is 1.69. The first kappa shape index (κ1) is 22.2.